The molecule has 5 nitrogen and oxygen atoms in total. The van der Waals surface area contributed by atoms with Crippen molar-refractivity contribution < 1.29 is 14.0 Å². The summed E-state index contributed by atoms with van der Waals surface area (Å²) >= 11 is 0. The molecule has 0 radical (unpaired) electrons. The maximum atomic E-state index is 13.1. The van der Waals surface area contributed by atoms with E-state index in [0.29, 0.717) is 5.69 Å². The van der Waals surface area contributed by atoms with Crippen LogP contribution in [0, 0.1) is 5.82 Å². The summed E-state index contributed by atoms with van der Waals surface area (Å²) in [5, 5.41) is 0. The van der Waals surface area contributed by atoms with E-state index in [9.17, 15) is 14.0 Å². The molecule has 2 fully saturated rings. The van der Waals surface area contributed by atoms with Crippen LogP contribution in [0.15, 0.2) is 54.6 Å². The maximum Gasteiger partial charge on any atom is 0.251 e. The molecule has 0 aliphatic carbocycles. The lowest BCUT2D eigenvalue weighted by molar-refractivity contribution is -0.123. The summed E-state index contributed by atoms with van der Waals surface area (Å²) in [5.74, 6) is -0.810. The van der Waals surface area contributed by atoms with Crippen molar-refractivity contribution in [3.8, 4) is 0 Å². The van der Waals surface area contributed by atoms with Crippen molar-refractivity contribution in [1.82, 2.24) is 9.80 Å². The summed E-state index contributed by atoms with van der Waals surface area (Å²) in [4.78, 5) is 30.9. The Kier molecular flexibility index (Phi) is 5.01. The fourth-order valence-electron chi connectivity index (χ4n) is 3.84. The van der Waals surface area contributed by atoms with E-state index in [0.717, 1.165) is 32.7 Å². The largest absolute Gasteiger partial charge is 0.297 e. The van der Waals surface area contributed by atoms with Gasteiger partial charge in [-0.15, -0.1) is 0 Å². The minimum atomic E-state index is -0.415. The number of anilines is 1. The zero-order valence-corrected chi connectivity index (χ0v) is 15.1. The highest BCUT2D eigenvalue weighted by molar-refractivity contribution is 6.22. The third kappa shape index (κ3) is 3.77. The van der Waals surface area contributed by atoms with Crippen LogP contribution in [0.2, 0.25) is 0 Å². The van der Waals surface area contributed by atoms with Crippen LogP contribution < -0.4 is 4.90 Å². The summed E-state index contributed by atoms with van der Waals surface area (Å²) in [6.07, 6.45) is 0.189. The quantitative estimate of drug-likeness (QED) is 0.778. The van der Waals surface area contributed by atoms with E-state index in [1.807, 2.05) is 18.2 Å². The normalized spacial score (nSPS) is 21.8. The second-order valence-electron chi connectivity index (χ2n) is 7.06. The Labute approximate surface area is 158 Å². The lowest BCUT2D eigenvalue weighted by Crippen LogP contribution is -2.52. The van der Waals surface area contributed by atoms with Crippen molar-refractivity contribution in [2.45, 2.75) is 19.0 Å². The number of nitrogens with zero attached hydrogens (tertiary/aromatic N) is 3. The Bertz CT molecular complexity index is 817. The Morgan fingerprint density at radius 3 is 2.22 bits per heavy atom. The lowest BCUT2D eigenvalue weighted by atomic mass is 10.1. The molecule has 6 heteroatoms. The molecule has 1 atom stereocenters. The van der Waals surface area contributed by atoms with E-state index in [4.69, 9.17) is 0 Å². The Balaban J connectivity index is 1.38. The van der Waals surface area contributed by atoms with Crippen molar-refractivity contribution >= 4 is 17.5 Å². The molecular formula is C21H22FN3O2. The van der Waals surface area contributed by atoms with Gasteiger partial charge < -0.3 is 0 Å². The monoisotopic (exact) mass is 367 g/mol. The van der Waals surface area contributed by atoms with E-state index in [1.165, 1.54) is 34.7 Å². The molecule has 2 heterocycles. The van der Waals surface area contributed by atoms with Crippen LogP contribution in [-0.2, 0) is 16.1 Å². The van der Waals surface area contributed by atoms with Gasteiger partial charge >= 0.3 is 0 Å². The Hall–Kier alpha value is -2.57. The van der Waals surface area contributed by atoms with Crippen molar-refractivity contribution in [2.75, 3.05) is 31.1 Å². The molecule has 4 rings (SSSR count). The standard InChI is InChI=1S/C21H22FN3O2/c22-17-6-8-18(9-7-17)25-20(26)14-19(21(25)27)24-12-10-23(11-13-24)15-16-4-2-1-3-5-16/h1-9,19H,10-15H2. The number of imide groups is 1. The predicted octanol–water partition coefficient (Wildman–Crippen LogP) is 2.28. The molecule has 2 aromatic carbocycles. The lowest BCUT2D eigenvalue weighted by Gasteiger charge is -2.37. The predicted molar refractivity (Wildman–Crippen MR) is 101 cm³/mol. The van der Waals surface area contributed by atoms with E-state index in [-0.39, 0.29) is 24.1 Å². The Morgan fingerprint density at radius 2 is 1.56 bits per heavy atom. The summed E-state index contributed by atoms with van der Waals surface area (Å²) in [7, 11) is 0. The van der Waals surface area contributed by atoms with Gasteiger partial charge in [-0.2, -0.15) is 0 Å². The molecule has 0 saturated carbocycles. The number of carbonyl (C=O) groups is 2. The van der Waals surface area contributed by atoms with Crippen LogP contribution in [0.3, 0.4) is 0 Å². The minimum Gasteiger partial charge on any atom is -0.297 e. The minimum absolute atomic E-state index is 0.189. The molecule has 2 aromatic rings. The van der Waals surface area contributed by atoms with E-state index in [1.54, 1.807) is 0 Å². The van der Waals surface area contributed by atoms with Crippen molar-refractivity contribution in [3.05, 3.63) is 66.0 Å². The van der Waals surface area contributed by atoms with Gasteiger partial charge in [0.25, 0.3) is 5.91 Å². The summed E-state index contributed by atoms with van der Waals surface area (Å²) < 4.78 is 13.1. The topological polar surface area (TPSA) is 43.9 Å². The fourth-order valence-corrected chi connectivity index (χ4v) is 3.84. The van der Waals surface area contributed by atoms with Gasteiger partial charge in [0, 0.05) is 32.7 Å². The van der Waals surface area contributed by atoms with Crippen LogP contribution in [-0.4, -0.2) is 53.8 Å². The van der Waals surface area contributed by atoms with E-state index in [2.05, 4.69) is 21.9 Å². The third-order valence-corrected chi connectivity index (χ3v) is 5.30. The molecule has 0 spiro atoms. The summed E-state index contributed by atoms with van der Waals surface area (Å²) in [6.45, 7) is 4.14. The number of rotatable bonds is 4. The van der Waals surface area contributed by atoms with Gasteiger partial charge in [-0.05, 0) is 29.8 Å². The second-order valence-corrected chi connectivity index (χ2v) is 7.06. The Morgan fingerprint density at radius 1 is 0.889 bits per heavy atom. The molecule has 2 amide bonds. The number of halogens is 1. The highest BCUT2D eigenvalue weighted by Crippen LogP contribution is 2.26. The molecule has 2 aliphatic heterocycles. The van der Waals surface area contributed by atoms with Crippen LogP contribution in [0.4, 0.5) is 10.1 Å². The van der Waals surface area contributed by atoms with Crippen molar-refractivity contribution in [1.29, 1.82) is 0 Å². The molecular weight excluding hydrogens is 345 g/mol. The first-order valence-electron chi connectivity index (χ1n) is 9.24. The van der Waals surface area contributed by atoms with Crippen LogP contribution in [0.5, 0.6) is 0 Å². The van der Waals surface area contributed by atoms with Gasteiger partial charge in [0.2, 0.25) is 5.91 Å². The average molecular weight is 367 g/mol. The average Bonchev–Trinajstić information content (AvgIpc) is 2.98. The van der Waals surface area contributed by atoms with E-state index >= 15 is 0 Å². The number of hydrogen-bond acceptors (Lipinski definition) is 4. The highest BCUT2D eigenvalue weighted by Gasteiger charge is 2.43. The van der Waals surface area contributed by atoms with Crippen LogP contribution in [0.1, 0.15) is 12.0 Å². The number of amides is 2. The van der Waals surface area contributed by atoms with Crippen molar-refractivity contribution in [3.63, 3.8) is 0 Å². The number of hydrogen-bond donors (Lipinski definition) is 0. The van der Waals surface area contributed by atoms with Gasteiger partial charge in [0.15, 0.2) is 0 Å². The van der Waals surface area contributed by atoms with Gasteiger partial charge in [0.05, 0.1) is 18.2 Å². The first kappa shape index (κ1) is 17.8. The molecule has 1 unspecified atom stereocenters. The summed E-state index contributed by atoms with van der Waals surface area (Å²) in [5.41, 5.74) is 1.72. The highest BCUT2D eigenvalue weighted by atomic mass is 19.1. The smallest absolute Gasteiger partial charge is 0.251 e. The molecule has 2 saturated heterocycles. The zero-order chi connectivity index (χ0) is 18.8. The summed E-state index contributed by atoms with van der Waals surface area (Å²) in [6, 6.07) is 15.4. The number of benzene rings is 2. The first-order valence-corrected chi connectivity index (χ1v) is 9.24. The molecule has 0 aromatic heterocycles. The molecule has 0 bridgehead atoms. The van der Waals surface area contributed by atoms with E-state index < -0.39 is 6.04 Å². The third-order valence-electron chi connectivity index (χ3n) is 5.30. The molecule has 27 heavy (non-hydrogen) atoms. The fraction of sp³-hybridized carbons (Fsp3) is 0.333. The van der Waals surface area contributed by atoms with Gasteiger partial charge in [-0.1, -0.05) is 30.3 Å². The zero-order valence-electron chi connectivity index (χ0n) is 15.1. The first-order chi connectivity index (χ1) is 13.1. The van der Waals surface area contributed by atoms with Crippen LogP contribution in [0.25, 0.3) is 0 Å². The number of carbonyl (C=O) groups excluding carboxylic acids is 2. The molecule has 0 N–H and O–H groups in total. The second kappa shape index (κ2) is 7.58. The van der Waals surface area contributed by atoms with Gasteiger partial charge in [-0.3, -0.25) is 19.4 Å². The molecule has 2 aliphatic rings. The number of piperazine rings is 1. The van der Waals surface area contributed by atoms with Gasteiger partial charge in [0.1, 0.15) is 5.82 Å². The van der Waals surface area contributed by atoms with Crippen molar-refractivity contribution in [2.24, 2.45) is 0 Å². The van der Waals surface area contributed by atoms with Gasteiger partial charge in [-0.25, -0.2) is 9.29 Å². The van der Waals surface area contributed by atoms with Crippen LogP contribution >= 0.6 is 0 Å². The SMILES string of the molecule is O=C1CC(N2CCN(Cc3ccccc3)CC2)C(=O)N1c1ccc(F)cc1. The maximum absolute atomic E-state index is 13.1. The molecule has 140 valence electrons.